The SMILES string of the molecule is CCCCCCCCCCCCCc1ccccc1.CCCCn1cnnc1S. The Bertz CT molecular complexity index is 583. The van der Waals surface area contributed by atoms with Gasteiger partial charge in [0.05, 0.1) is 0 Å². The Balaban J connectivity index is 0.000000352. The molecule has 0 unspecified atom stereocenters. The van der Waals surface area contributed by atoms with Gasteiger partial charge in [-0.05, 0) is 24.8 Å². The summed E-state index contributed by atoms with van der Waals surface area (Å²) in [5.41, 5.74) is 1.50. The van der Waals surface area contributed by atoms with Gasteiger partial charge in [-0.1, -0.05) is 115 Å². The van der Waals surface area contributed by atoms with Crippen molar-refractivity contribution < 1.29 is 0 Å². The van der Waals surface area contributed by atoms with E-state index in [0.717, 1.165) is 13.0 Å². The summed E-state index contributed by atoms with van der Waals surface area (Å²) in [6.45, 7) is 5.42. The van der Waals surface area contributed by atoms with Crippen LogP contribution in [0.3, 0.4) is 0 Å². The van der Waals surface area contributed by atoms with Crippen LogP contribution < -0.4 is 0 Å². The van der Waals surface area contributed by atoms with Crippen LogP contribution in [0.4, 0.5) is 0 Å². The molecule has 0 amide bonds. The van der Waals surface area contributed by atoms with Crippen molar-refractivity contribution >= 4 is 12.6 Å². The Morgan fingerprint density at radius 2 is 1.28 bits per heavy atom. The van der Waals surface area contributed by atoms with Crippen LogP contribution in [0, 0.1) is 0 Å². The van der Waals surface area contributed by atoms with Crippen molar-refractivity contribution in [1.82, 2.24) is 14.8 Å². The molecule has 0 fully saturated rings. The first-order chi connectivity index (χ1) is 14.3. The van der Waals surface area contributed by atoms with Crippen LogP contribution in [0.1, 0.15) is 103 Å². The summed E-state index contributed by atoms with van der Waals surface area (Å²) in [5.74, 6) is 0. The van der Waals surface area contributed by atoms with Crippen molar-refractivity contribution in [3.63, 3.8) is 0 Å². The van der Waals surface area contributed by atoms with Gasteiger partial charge in [-0.3, -0.25) is 0 Å². The second-order valence-corrected chi connectivity index (χ2v) is 8.35. The van der Waals surface area contributed by atoms with Crippen LogP contribution in [0.2, 0.25) is 0 Å². The van der Waals surface area contributed by atoms with Crippen molar-refractivity contribution in [3.8, 4) is 0 Å². The predicted molar refractivity (Wildman–Crippen MR) is 129 cm³/mol. The maximum atomic E-state index is 4.11. The summed E-state index contributed by atoms with van der Waals surface area (Å²) < 4.78 is 1.94. The summed E-state index contributed by atoms with van der Waals surface area (Å²) in [6, 6.07) is 10.9. The van der Waals surface area contributed by atoms with Gasteiger partial charge >= 0.3 is 0 Å². The lowest BCUT2D eigenvalue weighted by atomic mass is 10.0. The molecule has 0 atom stereocenters. The highest BCUT2D eigenvalue weighted by atomic mass is 32.1. The summed E-state index contributed by atoms with van der Waals surface area (Å²) in [5, 5.41) is 8.16. The summed E-state index contributed by atoms with van der Waals surface area (Å²) in [4.78, 5) is 0. The zero-order chi connectivity index (χ0) is 21.0. The topological polar surface area (TPSA) is 30.7 Å². The standard InChI is InChI=1S/C19H32.C6H11N3S/c1-2-3-4-5-6-7-8-9-10-11-13-16-19-17-14-12-15-18-19;1-2-3-4-9-5-7-8-6(9)10/h12,14-15,17-18H,2-11,13,16H2,1H3;5H,2-4H2,1H3,(H,8,10). The number of hydrogen-bond acceptors (Lipinski definition) is 3. The molecule has 1 heterocycles. The molecule has 0 aliphatic heterocycles. The fourth-order valence-corrected chi connectivity index (χ4v) is 3.58. The average Bonchev–Trinajstić information content (AvgIpc) is 3.16. The minimum atomic E-state index is 0.702. The average molecular weight is 418 g/mol. The highest BCUT2D eigenvalue weighted by Gasteiger charge is 1.96. The van der Waals surface area contributed by atoms with Crippen LogP contribution in [-0.4, -0.2) is 14.8 Å². The smallest absolute Gasteiger partial charge is 0.187 e. The first kappa shape index (κ1) is 25.7. The van der Waals surface area contributed by atoms with Gasteiger partial charge in [0.1, 0.15) is 6.33 Å². The van der Waals surface area contributed by atoms with E-state index in [0.29, 0.717) is 5.16 Å². The van der Waals surface area contributed by atoms with E-state index in [9.17, 15) is 0 Å². The third-order valence-corrected chi connectivity index (χ3v) is 5.61. The van der Waals surface area contributed by atoms with E-state index in [1.807, 2.05) is 4.57 Å². The Kier molecular flexibility index (Phi) is 16.6. The lowest BCUT2D eigenvalue weighted by Crippen LogP contribution is -1.95. The Labute approximate surface area is 185 Å². The molecular weight excluding hydrogens is 374 g/mol. The molecule has 0 aliphatic rings. The van der Waals surface area contributed by atoms with Gasteiger partial charge in [0.25, 0.3) is 0 Å². The molecule has 2 rings (SSSR count). The Morgan fingerprint density at radius 3 is 1.79 bits per heavy atom. The van der Waals surface area contributed by atoms with E-state index in [-0.39, 0.29) is 0 Å². The second kappa shape index (κ2) is 18.7. The number of rotatable bonds is 15. The van der Waals surface area contributed by atoms with Crippen LogP contribution in [0.25, 0.3) is 0 Å². The zero-order valence-electron chi connectivity index (χ0n) is 18.9. The largest absolute Gasteiger partial charge is 0.309 e. The summed E-state index contributed by atoms with van der Waals surface area (Å²) in [6.07, 6.45) is 21.0. The van der Waals surface area contributed by atoms with Crippen LogP contribution in [0.5, 0.6) is 0 Å². The van der Waals surface area contributed by atoms with Crippen molar-refractivity contribution in [2.45, 2.75) is 115 Å². The first-order valence-corrected chi connectivity index (χ1v) is 12.3. The van der Waals surface area contributed by atoms with Gasteiger partial charge in [-0.2, -0.15) is 0 Å². The maximum Gasteiger partial charge on any atom is 0.187 e. The minimum absolute atomic E-state index is 0.702. The molecule has 0 bridgehead atoms. The molecule has 0 spiro atoms. The highest BCUT2D eigenvalue weighted by Crippen LogP contribution is 2.12. The molecule has 0 saturated heterocycles. The van der Waals surface area contributed by atoms with Gasteiger partial charge in [-0.25, -0.2) is 0 Å². The highest BCUT2D eigenvalue weighted by molar-refractivity contribution is 7.80. The van der Waals surface area contributed by atoms with Crippen LogP contribution in [0.15, 0.2) is 41.8 Å². The van der Waals surface area contributed by atoms with Gasteiger partial charge in [0.2, 0.25) is 0 Å². The maximum absolute atomic E-state index is 4.11. The van der Waals surface area contributed by atoms with Gasteiger partial charge in [-0.15, -0.1) is 22.8 Å². The number of aryl methyl sites for hydroxylation is 2. The number of nitrogens with zero attached hydrogens (tertiary/aromatic N) is 3. The molecule has 3 nitrogen and oxygen atoms in total. The van der Waals surface area contributed by atoms with Crippen LogP contribution >= 0.6 is 12.6 Å². The molecule has 4 heteroatoms. The van der Waals surface area contributed by atoms with Crippen molar-refractivity contribution in [1.29, 1.82) is 0 Å². The number of thiol groups is 1. The van der Waals surface area contributed by atoms with Gasteiger partial charge in [0.15, 0.2) is 5.16 Å². The van der Waals surface area contributed by atoms with Crippen molar-refractivity contribution in [3.05, 3.63) is 42.2 Å². The molecule has 1 aromatic heterocycles. The quantitative estimate of drug-likeness (QED) is 0.236. The third-order valence-electron chi connectivity index (χ3n) is 5.26. The summed E-state index contributed by atoms with van der Waals surface area (Å²) in [7, 11) is 0. The normalized spacial score (nSPS) is 10.6. The van der Waals surface area contributed by atoms with Crippen molar-refractivity contribution in [2.24, 2.45) is 0 Å². The first-order valence-electron chi connectivity index (χ1n) is 11.9. The minimum Gasteiger partial charge on any atom is -0.309 e. The fraction of sp³-hybridized carbons (Fsp3) is 0.680. The number of hydrogen-bond donors (Lipinski definition) is 1. The van der Waals surface area contributed by atoms with E-state index in [1.165, 1.54) is 89.0 Å². The monoisotopic (exact) mass is 417 g/mol. The van der Waals surface area contributed by atoms with E-state index >= 15 is 0 Å². The van der Waals surface area contributed by atoms with E-state index in [2.05, 4.69) is 67.0 Å². The molecule has 0 radical (unpaired) electrons. The van der Waals surface area contributed by atoms with Crippen molar-refractivity contribution in [2.75, 3.05) is 0 Å². The van der Waals surface area contributed by atoms with E-state index in [4.69, 9.17) is 0 Å². The molecule has 0 N–H and O–H groups in total. The van der Waals surface area contributed by atoms with E-state index in [1.54, 1.807) is 6.33 Å². The lowest BCUT2D eigenvalue weighted by molar-refractivity contribution is 0.549. The fourth-order valence-electron chi connectivity index (χ4n) is 3.37. The number of aromatic nitrogens is 3. The van der Waals surface area contributed by atoms with Gasteiger partial charge < -0.3 is 4.57 Å². The Hall–Kier alpha value is -1.29. The molecule has 2 aromatic rings. The molecule has 0 aliphatic carbocycles. The number of benzene rings is 1. The third kappa shape index (κ3) is 14.4. The molecule has 29 heavy (non-hydrogen) atoms. The Morgan fingerprint density at radius 1 is 0.724 bits per heavy atom. The van der Waals surface area contributed by atoms with E-state index < -0.39 is 0 Å². The molecular formula is C25H43N3S. The molecule has 1 aromatic carbocycles. The summed E-state index contributed by atoms with van der Waals surface area (Å²) >= 11 is 4.11. The molecule has 164 valence electrons. The van der Waals surface area contributed by atoms with Crippen LogP contribution in [-0.2, 0) is 13.0 Å². The zero-order valence-corrected chi connectivity index (χ0v) is 19.8. The van der Waals surface area contributed by atoms with Gasteiger partial charge in [0, 0.05) is 6.54 Å². The number of unbranched alkanes of at least 4 members (excludes halogenated alkanes) is 11. The predicted octanol–water partition coefficient (Wildman–Crippen LogP) is 7.91. The second-order valence-electron chi connectivity index (χ2n) is 7.95. The molecule has 0 saturated carbocycles. The lowest BCUT2D eigenvalue weighted by Gasteiger charge is -2.03.